The van der Waals surface area contributed by atoms with Gasteiger partial charge in [-0.1, -0.05) is 70.8 Å². The normalized spacial score (nSPS) is 11.9. The third kappa shape index (κ3) is 7.29. The van der Waals surface area contributed by atoms with Crippen molar-refractivity contribution in [1.82, 2.24) is 15.0 Å². The van der Waals surface area contributed by atoms with Crippen LogP contribution in [0.5, 0.6) is 11.6 Å². The van der Waals surface area contributed by atoms with Crippen molar-refractivity contribution in [3.63, 3.8) is 0 Å². The van der Waals surface area contributed by atoms with E-state index in [1.54, 1.807) is 18.3 Å². The Morgan fingerprint density at radius 2 is 1.64 bits per heavy atom. The molecule has 0 bridgehead atoms. The van der Waals surface area contributed by atoms with Crippen LogP contribution in [0.4, 0.5) is 0 Å². The van der Waals surface area contributed by atoms with Crippen molar-refractivity contribution in [3.05, 3.63) is 136 Å². The van der Waals surface area contributed by atoms with E-state index in [1.807, 2.05) is 97.1 Å². The third-order valence-electron chi connectivity index (χ3n) is 5.59. The fourth-order valence-corrected chi connectivity index (χ4v) is 4.03. The highest BCUT2D eigenvalue weighted by Crippen LogP contribution is 2.23. The minimum Gasteiger partial charge on any atom is -0.489 e. The number of rotatable bonds is 9. The zero-order valence-corrected chi connectivity index (χ0v) is 22.1. The molecule has 39 heavy (non-hydrogen) atoms. The van der Waals surface area contributed by atoms with E-state index >= 15 is 0 Å². The largest absolute Gasteiger partial charge is 0.489 e. The topological polar surface area (TPSA) is 69.5 Å². The fraction of sp³-hybridized carbons (Fsp3) is 0.0323. The number of hydrogen-bond donors (Lipinski definition) is 0. The van der Waals surface area contributed by atoms with Gasteiger partial charge in [-0.2, -0.15) is 4.98 Å². The summed E-state index contributed by atoms with van der Waals surface area (Å²) in [6, 6.07) is 26.4. The molecule has 192 valence electrons. The third-order valence-corrected chi connectivity index (χ3v) is 6.18. The Balaban J connectivity index is 1.32. The maximum atomic E-state index is 6.24. The summed E-state index contributed by atoms with van der Waals surface area (Å²) in [5.41, 5.74) is 3.97. The van der Waals surface area contributed by atoms with E-state index in [0.29, 0.717) is 28.2 Å². The molecular weight excluding hydrogens is 531 g/mol. The molecule has 0 aliphatic carbocycles. The predicted octanol–water partition coefficient (Wildman–Crippen LogP) is 8.07. The lowest BCUT2D eigenvalue weighted by Crippen LogP contribution is -1.97. The van der Waals surface area contributed by atoms with E-state index in [4.69, 9.17) is 32.8 Å². The van der Waals surface area contributed by atoms with Crippen LogP contribution < -0.4 is 9.57 Å². The molecule has 0 saturated heterocycles. The van der Waals surface area contributed by atoms with Gasteiger partial charge < -0.3 is 9.57 Å². The average Bonchev–Trinajstić information content (AvgIpc) is 2.97. The molecule has 0 saturated carbocycles. The smallest absolute Gasteiger partial charge is 0.259 e. The van der Waals surface area contributed by atoms with Crippen LogP contribution in [0.2, 0.25) is 10.0 Å². The molecule has 2 aromatic heterocycles. The van der Waals surface area contributed by atoms with Gasteiger partial charge in [-0.25, -0.2) is 4.98 Å². The SMILES string of the molecule is Clc1ccc(COc2ccc(/C=C/C(/C=C/c3ccccn3)=N/Oc3ncnc4ccccc34)cc2)c(Cl)c1. The maximum absolute atomic E-state index is 6.24. The van der Waals surface area contributed by atoms with Crippen LogP contribution in [0, 0.1) is 0 Å². The second-order valence-corrected chi connectivity index (χ2v) is 9.16. The van der Waals surface area contributed by atoms with Gasteiger partial charge in [0.2, 0.25) is 0 Å². The summed E-state index contributed by atoms with van der Waals surface area (Å²) in [6.45, 7) is 0.343. The number of nitrogens with zero attached hydrogens (tertiary/aromatic N) is 4. The van der Waals surface area contributed by atoms with Gasteiger partial charge in [-0.3, -0.25) is 4.98 Å². The van der Waals surface area contributed by atoms with Crippen molar-refractivity contribution in [3.8, 4) is 11.6 Å². The predicted molar refractivity (Wildman–Crippen MR) is 157 cm³/mol. The molecule has 0 N–H and O–H groups in total. The molecule has 0 spiro atoms. The summed E-state index contributed by atoms with van der Waals surface area (Å²) in [7, 11) is 0. The minimum absolute atomic E-state index is 0.343. The Morgan fingerprint density at radius 1 is 0.821 bits per heavy atom. The van der Waals surface area contributed by atoms with Crippen LogP contribution in [0.15, 0.2) is 115 Å². The minimum atomic E-state index is 0.343. The highest BCUT2D eigenvalue weighted by molar-refractivity contribution is 6.35. The van der Waals surface area contributed by atoms with Crippen molar-refractivity contribution in [2.45, 2.75) is 6.61 Å². The van der Waals surface area contributed by atoms with Crippen LogP contribution in [0.1, 0.15) is 16.8 Å². The van der Waals surface area contributed by atoms with Gasteiger partial charge in [0.1, 0.15) is 24.4 Å². The molecule has 0 atom stereocenters. The first-order valence-corrected chi connectivity index (χ1v) is 12.8. The number of fused-ring (bicyclic) bond motifs is 1. The molecule has 0 amide bonds. The number of halogens is 2. The van der Waals surface area contributed by atoms with Gasteiger partial charge in [0.15, 0.2) is 0 Å². The number of hydrogen-bond acceptors (Lipinski definition) is 6. The van der Waals surface area contributed by atoms with Gasteiger partial charge >= 0.3 is 0 Å². The molecule has 8 heteroatoms. The molecule has 2 heterocycles. The maximum Gasteiger partial charge on any atom is 0.259 e. The Labute approximate surface area is 235 Å². The van der Waals surface area contributed by atoms with E-state index < -0.39 is 0 Å². The highest BCUT2D eigenvalue weighted by Gasteiger charge is 2.05. The van der Waals surface area contributed by atoms with Gasteiger partial charge in [0.25, 0.3) is 5.88 Å². The monoisotopic (exact) mass is 552 g/mol. The van der Waals surface area contributed by atoms with Crippen LogP contribution in [-0.2, 0) is 6.61 Å². The van der Waals surface area contributed by atoms with Crippen molar-refractivity contribution < 1.29 is 9.57 Å². The lowest BCUT2D eigenvalue weighted by Gasteiger charge is -2.08. The highest BCUT2D eigenvalue weighted by atomic mass is 35.5. The number of benzene rings is 3. The average molecular weight is 553 g/mol. The lowest BCUT2D eigenvalue weighted by atomic mass is 10.1. The number of allylic oxidation sites excluding steroid dienone is 2. The summed E-state index contributed by atoms with van der Waals surface area (Å²) >= 11 is 12.2. The summed E-state index contributed by atoms with van der Waals surface area (Å²) in [5, 5.41) is 6.29. The molecule has 0 aliphatic rings. The molecule has 6 nitrogen and oxygen atoms in total. The van der Waals surface area contributed by atoms with E-state index in [-0.39, 0.29) is 0 Å². The summed E-state index contributed by atoms with van der Waals surface area (Å²) < 4.78 is 5.88. The van der Waals surface area contributed by atoms with Crippen molar-refractivity contribution in [1.29, 1.82) is 0 Å². The van der Waals surface area contributed by atoms with Gasteiger partial charge in [-0.15, -0.1) is 0 Å². The van der Waals surface area contributed by atoms with Crippen molar-refractivity contribution in [2.24, 2.45) is 5.16 Å². The molecule has 0 aliphatic heterocycles. The molecule has 5 rings (SSSR count). The van der Waals surface area contributed by atoms with E-state index in [0.717, 1.165) is 33.5 Å². The Bertz CT molecular complexity index is 1650. The van der Waals surface area contributed by atoms with Crippen LogP contribution >= 0.6 is 23.2 Å². The molecular formula is C31H22Cl2N4O2. The van der Waals surface area contributed by atoms with E-state index in [1.165, 1.54) is 6.33 Å². The molecule has 3 aromatic carbocycles. The Kier molecular flexibility index (Phi) is 8.58. The summed E-state index contributed by atoms with van der Waals surface area (Å²) in [6.07, 6.45) is 10.7. The number of pyridine rings is 1. The van der Waals surface area contributed by atoms with Gasteiger partial charge in [-0.05, 0) is 72.3 Å². The second kappa shape index (κ2) is 12.8. The Morgan fingerprint density at radius 3 is 2.46 bits per heavy atom. The summed E-state index contributed by atoms with van der Waals surface area (Å²) in [4.78, 5) is 18.6. The molecule has 0 unspecified atom stereocenters. The second-order valence-electron chi connectivity index (χ2n) is 8.32. The molecule has 5 aromatic rings. The van der Waals surface area contributed by atoms with Gasteiger partial charge in [0, 0.05) is 21.8 Å². The quantitative estimate of drug-likeness (QED) is 0.136. The van der Waals surface area contributed by atoms with Gasteiger partial charge in [0.05, 0.1) is 16.6 Å². The van der Waals surface area contributed by atoms with Crippen LogP contribution in [0.25, 0.3) is 23.1 Å². The van der Waals surface area contributed by atoms with Crippen LogP contribution in [0.3, 0.4) is 0 Å². The zero-order chi connectivity index (χ0) is 26.9. The number of para-hydroxylation sites is 1. The van der Waals surface area contributed by atoms with Crippen LogP contribution in [-0.4, -0.2) is 20.7 Å². The summed E-state index contributed by atoms with van der Waals surface area (Å²) in [5.74, 6) is 1.10. The fourth-order valence-electron chi connectivity index (χ4n) is 3.57. The first-order valence-electron chi connectivity index (χ1n) is 12.0. The number of ether oxygens (including phenoxy) is 1. The first kappa shape index (κ1) is 26.1. The molecule has 0 fully saturated rings. The van der Waals surface area contributed by atoms with E-state index in [9.17, 15) is 0 Å². The molecule has 0 radical (unpaired) electrons. The van der Waals surface area contributed by atoms with E-state index in [2.05, 4.69) is 20.1 Å². The van der Waals surface area contributed by atoms with Crippen molar-refractivity contribution >= 4 is 52.0 Å². The standard InChI is InChI=1S/C31H22Cl2N4O2/c32-24-12-11-23(29(33)19-24)20-38-27-16-9-22(10-17-27)8-13-26(15-14-25-5-3-4-18-34-25)37-39-31-28-6-1-2-7-30(28)35-21-36-31/h1-19,21H,20H2/b13-8+,15-14+,37-26-. The number of aromatic nitrogens is 3. The lowest BCUT2D eigenvalue weighted by molar-refractivity contribution is 0.306. The zero-order valence-electron chi connectivity index (χ0n) is 20.6. The number of oxime groups is 1. The van der Waals surface area contributed by atoms with Crippen molar-refractivity contribution in [2.75, 3.05) is 0 Å². The first-order chi connectivity index (χ1) is 19.1. The Hall–Kier alpha value is -4.52.